The maximum Gasteiger partial charge on any atom is 0.169 e. The molecule has 0 aromatic rings. The SMILES string of the molecule is COCCN(C(=S)NC1CC1)[C@H]1CCS(=O)(=O)C1. The Hall–Kier alpha value is -0.400. The Kier molecular flexibility index (Phi) is 4.45. The predicted octanol–water partition coefficient (Wildman–Crippen LogP) is 0.159. The fourth-order valence-corrected chi connectivity index (χ4v) is 4.28. The summed E-state index contributed by atoms with van der Waals surface area (Å²) in [6, 6.07) is 0.490. The first-order chi connectivity index (χ1) is 8.52. The maximum atomic E-state index is 11.6. The van der Waals surface area contributed by atoms with Gasteiger partial charge in [0.2, 0.25) is 0 Å². The zero-order valence-corrected chi connectivity index (χ0v) is 12.2. The van der Waals surface area contributed by atoms with E-state index in [-0.39, 0.29) is 17.5 Å². The Morgan fingerprint density at radius 3 is 2.67 bits per heavy atom. The summed E-state index contributed by atoms with van der Waals surface area (Å²) in [5.74, 6) is 0.483. The summed E-state index contributed by atoms with van der Waals surface area (Å²) in [4.78, 5) is 1.99. The van der Waals surface area contributed by atoms with Gasteiger partial charge in [0, 0.05) is 25.7 Å². The van der Waals surface area contributed by atoms with Gasteiger partial charge in [0.1, 0.15) is 0 Å². The van der Waals surface area contributed by atoms with E-state index in [0.29, 0.717) is 30.7 Å². The molecule has 0 aromatic carbocycles. The Balaban J connectivity index is 1.97. The first-order valence-electron chi connectivity index (χ1n) is 6.28. The summed E-state index contributed by atoms with van der Waals surface area (Å²) >= 11 is 5.38. The summed E-state index contributed by atoms with van der Waals surface area (Å²) in [6.07, 6.45) is 2.97. The van der Waals surface area contributed by atoms with E-state index >= 15 is 0 Å². The second-order valence-corrected chi connectivity index (χ2v) is 7.58. The number of thiocarbonyl (C=S) groups is 1. The number of nitrogens with zero attached hydrogens (tertiary/aromatic N) is 1. The molecule has 1 aliphatic heterocycles. The van der Waals surface area contributed by atoms with Gasteiger partial charge in [0.05, 0.1) is 18.1 Å². The molecule has 104 valence electrons. The lowest BCUT2D eigenvalue weighted by Gasteiger charge is -2.30. The zero-order valence-electron chi connectivity index (χ0n) is 10.6. The van der Waals surface area contributed by atoms with Crippen molar-refractivity contribution in [1.82, 2.24) is 10.2 Å². The van der Waals surface area contributed by atoms with Crippen LogP contribution in [0.4, 0.5) is 0 Å². The topological polar surface area (TPSA) is 58.6 Å². The van der Waals surface area contributed by atoms with Crippen molar-refractivity contribution in [3.63, 3.8) is 0 Å². The number of nitrogens with one attached hydrogen (secondary N) is 1. The minimum Gasteiger partial charge on any atom is -0.383 e. The normalized spacial score (nSPS) is 25.9. The third-order valence-corrected chi connectivity index (χ3v) is 5.45. The van der Waals surface area contributed by atoms with E-state index in [9.17, 15) is 8.42 Å². The summed E-state index contributed by atoms with van der Waals surface area (Å²) < 4.78 is 28.2. The molecule has 0 bridgehead atoms. The molecule has 1 heterocycles. The van der Waals surface area contributed by atoms with E-state index in [0.717, 1.165) is 12.8 Å². The Bertz CT molecular complexity index is 407. The highest BCUT2D eigenvalue weighted by Crippen LogP contribution is 2.21. The van der Waals surface area contributed by atoms with Gasteiger partial charge in [-0.1, -0.05) is 0 Å². The predicted molar refractivity (Wildman–Crippen MR) is 74.4 cm³/mol. The highest BCUT2D eigenvalue weighted by Gasteiger charge is 2.34. The quantitative estimate of drug-likeness (QED) is 0.729. The number of rotatable bonds is 5. The van der Waals surface area contributed by atoms with E-state index < -0.39 is 9.84 Å². The van der Waals surface area contributed by atoms with Crippen molar-refractivity contribution in [3.8, 4) is 0 Å². The minimum absolute atomic E-state index is 0.00361. The lowest BCUT2D eigenvalue weighted by Crippen LogP contribution is -2.48. The van der Waals surface area contributed by atoms with Crippen LogP contribution in [0.5, 0.6) is 0 Å². The molecule has 18 heavy (non-hydrogen) atoms. The smallest absolute Gasteiger partial charge is 0.169 e. The molecule has 0 spiro atoms. The fourth-order valence-electron chi connectivity index (χ4n) is 2.15. The van der Waals surface area contributed by atoms with Crippen LogP contribution in [0.1, 0.15) is 19.3 Å². The second-order valence-electron chi connectivity index (χ2n) is 4.97. The summed E-state index contributed by atoms with van der Waals surface area (Å²) in [6.45, 7) is 1.21. The van der Waals surface area contributed by atoms with Gasteiger partial charge >= 0.3 is 0 Å². The molecule has 2 aliphatic rings. The van der Waals surface area contributed by atoms with Crippen molar-refractivity contribution in [1.29, 1.82) is 0 Å². The van der Waals surface area contributed by atoms with Gasteiger partial charge in [-0.2, -0.15) is 0 Å². The molecule has 0 unspecified atom stereocenters. The molecule has 7 heteroatoms. The van der Waals surface area contributed by atoms with Crippen molar-refractivity contribution in [2.45, 2.75) is 31.3 Å². The fraction of sp³-hybridized carbons (Fsp3) is 0.909. The molecular formula is C11H20N2O3S2. The van der Waals surface area contributed by atoms with Crippen LogP contribution in [0, 0.1) is 0 Å². The summed E-state index contributed by atoms with van der Waals surface area (Å²) in [5.41, 5.74) is 0. The highest BCUT2D eigenvalue weighted by molar-refractivity contribution is 7.91. The van der Waals surface area contributed by atoms with Crippen molar-refractivity contribution >= 4 is 27.2 Å². The van der Waals surface area contributed by atoms with Crippen LogP contribution in [0.25, 0.3) is 0 Å². The van der Waals surface area contributed by atoms with Crippen molar-refractivity contribution < 1.29 is 13.2 Å². The van der Waals surface area contributed by atoms with E-state index in [1.165, 1.54) is 0 Å². The average Bonchev–Trinajstić information content (AvgIpc) is 3.03. The number of hydrogen-bond acceptors (Lipinski definition) is 4. The molecule has 5 nitrogen and oxygen atoms in total. The molecule has 1 saturated carbocycles. The van der Waals surface area contributed by atoms with Gasteiger partial charge in [-0.15, -0.1) is 0 Å². The molecule has 0 amide bonds. The summed E-state index contributed by atoms with van der Waals surface area (Å²) in [5, 5.41) is 3.95. The van der Waals surface area contributed by atoms with Crippen LogP contribution in [-0.2, 0) is 14.6 Å². The molecule has 2 rings (SSSR count). The van der Waals surface area contributed by atoms with Gasteiger partial charge in [-0.05, 0) is 31.5 Å². The van der Waals surface area contributed by atoms with Gasteiger partial charge in [-0.25, -0.2) is 8.42 Å². The van der Waals surface area contributed by atoms with Crippen LogP contribution in [0.15, 0.2) is 0 Å². The Morgan fingerprint density at radius 1 is 1.44 bits per heavy atom. The third kappa shape index (κ3) is 3.80. The molecule has 0 radical (unpaired) electrons. The number of methoxy groups -OCH3 is 1. The highest BCUT2D eigenvalue weighted by atomic mass is 32.2. The van der Waals surface area contributed by atoms with Gasteiger partial charge in [-0.3, -0.25) is 0 Å². The minimum atomic E-state index is -2.88. The largest absolute Gasteiger partial charge is 0.383 e. The Morgan fingerprint density at radius 2 is 2.17 bits per heavy atom. The van der Waals surface area contributed by atoms with E-state index in [4.69, 9.17) is 17.0 Å². The Labute approximate surface area is 114 Å². The van der Waals surface area contributed by atoms with E-state index in [1.54, 1.807) is 7.11 Å². The average molecular weight is 292 g/mol. The molecule has 1 saturated heterocycles. The van der Waals surface area contributed by atoms with Crippen LogP contribution < -0.4 is 5.32 Å². The lowest BCUT2D eigenvalue weighted by atomic mass is 10.2. The van der Waals surface area contributed by atoms with E-state index in [2.05, 4.69) is 5.32 Å². The van der Waals surface area contributed by atoms with Crippen LogP contribution in [0.3, 0.4) is 0 Å². The molecule has 0 aromatic heterocycles. The first kappa shape index (κ1) is 14.0. The van der Waals surface area contributed by atoms with E-state index in [1.807, 2.05) is 4.90 Å². The van der Waals surface area contributed by atoms with Crippen molar-refractivity contribution in [2.75, 3.05) is 31.8 Å². The lowest BCUT2D eigenvalue weighted by molar-refractivity contribution is 0.164. The van der Waals surface area contributed by atoms with Gasteiger partial charge in [0.25, 0.3) is 0 Å². The number of ether oxygens (including phenoxy) is 1. The van der Waals surface area contributed by atoms with Crippen LogP contribution in [0.2, 0.25) is 0 Å². The molecule has 2 fully saturated rings. The molecule has 1 aliphatic carbocycles. The molecule has 1 atom stereocenters. The number of sulfone groups is 1. The number of hydrogen-bond donors (Lipinski definition) is 1. The summed E-state index contributed by atoms with van der Waals surface area (Å²) in [7, 11) is -1.24. The van der Waals surface area contributed by atoms with Crippen LogP contribution >= 0.6 is 12.2 Å². The molecule has 1 N–H and O–H groups in total. The van der Waals surface area contributed by atoms with Crippen LogP contribution in [-0.4, -0.2) is 62.3 Å². The second kappa shape index (κ2) is 5.71. The molecular weight excluding hydrogens is 272 g/mol. The van der Waals surface area contributed by atoms with Crippen molar-refractivity contribution in [3.05, 3.63) is 0 Å². The van der Waals surface area contributed by atoms with Gasteiger partial charge < -0.3 is 15.0 Å². The first-order valence-corrected chi connectivity index (χ1v) is 8.51. The standard InChI is InChI=1S/C11H20N2O3S2/c1-16-6-5-13(11(17)12-9-2-3-9)10-4-7-18(14,15)8-10/h9-10H,2-8H2,1H3,(H,12,17)/t10-/m0/s1. The van der Waals surface area contributed by atoms with Crippen molar-refractivity contribution in [2.24, 2.45) is 0 Å². The monoisotopic (exact) mass is 292 g/mol. The maximum absolute atomic E-state index is 11.6. The van der Waals surface area contributed by atoms with Gasteiger partial charge in [0.15, 0.2) is 14.9 Å². The third-order valence-electron chi connectivity index (χ3n) is 3.35. The zero-order chi connectivity index (χ0) is 13.2.